The molecule has 0 saturated carbocycles. The average Bonchev–Trinajstić information content (AvgIpc) is 2.70. The molecule has 106 valence electrons. The molecule has 0 aliphatic heterocycles. The molecule has 0 atom stereocenters. The Kier molecular flexibility index (Phi) is 3.39. The van der Waals surface area contributed by atoms with Gasteiger partial charge in [-0.2, -0.15) is 13.2 Å². The van der Waals surface area contributed by atoms with Crippen LogP contribution in [0.2, 0.25) is 0 Å². The highest BCUT2D eigenvalue weighted by molar-refractivity contribution is 5.97. The third-order valence-electron chi connectivity index (χ3n) is 2.59. The molecule has 0 aliphatic rings. The molecule has 2 rings (SSSR count). The standard InChI is InChI=1S/C12H9F3N2O3/c13-12(14,15)11(20)16-8-2-1-7-3-4-17(6-10(18)19)9(7)5-8/h1-5H,6H2,(H,16,20)(H,18,19). The molecule has 0 saturated heterocycles. The maximum absolute atomic E-state index is 12.1. The van der Waals surface area contributed by atoms with Gasteiger partial charge in [0.2, 0.25) is 0 Å². The summed E-state index contributed by atoms with van der Waals surface area (Å²) in [6.45, 7) is -0.319. The normalized spacial score (nSPS) is 11.6. The van der Waals surface area contributed by atoms with Crippen LogP contribution in [-0.4, -0.2) is 27.7 Å². The summed E-state index contributed by atoms with van der Waals surface area (Å²) in [5.41, 5.74) is 0.373. The van der Waals surface area contributed by atoms with Crippen LogP contribution in [0.15, 0.2) is 30.5 Å². The molecule has 2 aromatic rings. The highest BCUT2D eigenvalue weighted by atomic mass is 19.4. The summed E-state index contributed by atoms with van der Waals surface area (Å²) in [6.07, 6.45) is -3.47. The van der Waals surface area contributed by atoms with E-state index in [4.69, 9.17) is 5.11 Å². The highest BCUT2D eigenvalue weighted by Crippen LogP contribution is 2.23. The number of alkyl halides is 3. The van der Waals surface area contributed by atoms with Crippen LogP contribution in [0.1, 0.15) is 0 Å². The van der Waals surface area contributed by atoms with E-state index in [1.54, 1.807) is 11.4 Å². The third kappa shape index (κ3) is 2.90. The molecule has 0 fully saturated rings. The van der Waals surface area contributed by atoms with Crippen LogP contribution in [0.4, 0.5) is 18.9 Å². The summed E-state index contributed by atoms with van der Waals surface area (Å²) in [5.74, 6) is -3.15. The summed E-state index contributed by atoms with van der Waals surface area (Å²) < 4.78 is 37.8. The van der Waals surface area contributed by atoms with Crippen LogP contribution in [0.3, 0.4) is 0 Å². The Labute approximate surface area is 110 Å². The Morgan fingerprint density at radius 2 is 1.95 bits per heavy atom. The maximum Gasteiger partial charge on any atom is 0.471 e. The second kappa shape index (κ2) is 4.87. The fraction of sp³-hybridized carbons (Fsp3) is 0.167. The van der Waals surface area contributed by atoms with Gasteiger partial charge in [-0.05, 0) is 23.6 Å². The minimum atomic E-state index is -4.97. The van der Waals surface area contributed by atoms with Gasteiger partial charge in [0.05, 0.1) is 5.52 Å². The number of hydrogen-bond acceptors (Lipinski definition) is 2. The molecule has 1 amide bonds. The van der Waals surface area contributed by atoms with Crippen molar-refractivity contribution in [1.82, 2.24) is 4.57 Å². The number of aromatic nitrogens is 1. The Morgan fingerprint density at radius 1 is 1.25 bits per heavy atom. The topological polar surface area (TPSA) is 71.3 Å². The van der Waals surface area contributed by atoms with Crippen LogP contribution in [0, 0.1) is 0 Å². The number of nitrogens with zero attached hydrogens (tertiary/aromatic N) is 1. The number of fused-ring (bicyclic) bond motifs is 1. The number of aliphatic carboxylic acids is 1. The molecule has 2 N–H and O–H groups in total. The van der Waals surface area contributed by atoms with E-state index in [9.17, 15) is 22.8 Å². The second-order valence-electron chi connectivity index (χ2n) is 4.06. The molecule has 1 aromatic carbocycles. The van der Waals surface area contributed by atoms with Gasteiger partial charge in [-0.15, -0.1) is 0 Å². The van der Waals surface area contributed by atoms with E-state index in [0.717, 1.165) is 0 Å². The number of nitrogens with one attached hydrogen (secondary N) is 1. The molecule has 0 aliphatic carbocycles. The van der Waals surface area contributed by atoms with E-state index in [2.05, 4.69) is 0 Å². The summed E-state index contributed by atoms with van der Waals surface area (Å²) in [4.78, 5) is 21.5. The van der Waals surface area contributed by atoms with E-state index in [1.165, 1.54) is 29.0 Å². The number of amides is 1. The van der Waals surface area contributed by atoms with E-state index < -0.39 is 18.1 Å². The van der Waals surface area contributed by atoms with Gasteiger partial charge in [-0.1, -0.05) is 6.07 Å². The third-order valence-corrected chi connectivity index (χ3v) is 2.59. The quantitative estimate of drug-likeness (QED) is 0.908. The number of carbonyl (C=O) groups is 2. The largest absolute Gasteiger partial charge is 0.480 e. The minimum Gasteiger partial charge on any atom is -0.480 e. The highest BCUT2D eigenvalue weighted by Gasteiger charge is 2.38. The lowest BCUT2D eigenvalue weighted by molar-refractivity contribution is -0.167. The van der Waals surface area contributed by atoms with Crippen LogP contribution >= 0.6 is 0 Å². The summed E-state index contributed by atoms with van der Waals surface area (Å²) in [6, 6.07) is 5.74. The molecular weight excluding hydrogens is 277 g/mol. The number of carbonyl (C=O) groups excluding carboxylic acids is 1. The van der Waals surface area contributed by atoms with Gasteiger partial charge in [0.25, 0.3) is 0 Å². The van der Waals surface area contributed by atoms with Crippen molar-refractivity contribution in [3.05, 3.63) is 30.5 Å². The zero-order valence-corrected chi connectivity index (χ0v) is 9.94. The van der Waals surface area contributed by atoms with Crippen LogP contribution in [0.5, 0.6) is 0 Å². The van der Waals surface area contributed by atoms with Gasteiger partial charge < -0.3 is 15.0 Å². The number of anilines is 1. The van der Waals surface area contributed by atoms with Crippen LogP contribution in [-0.2, 0) is 16.1 Å². The van der Waals surface area contributed by atoms with Crippen molar-refractivity contribution in [3.63, 3.8) is 0 Å². The molecule has 1 aromatic heterocycles. The number of carboxylic acid groups (broad SMARTS) is 1. The maximum atomic E-state index is 12.1. The number of carboxylic acids is 1. The van der Waals surface area contributed by atoms with Gasteiger partial charge in [-0.3, -0.25) is 9.59 Å². The monoisotopic (exact) mass is 286 g/mol. The van der Waals surface area contributed by atoms with E-state index in [1.807, 2.05) is 0 Å². The number of hydrogen-bond donors (Lipinski definition) is 2. The first-order valence-corrected chi connectivity index (χ1v) is 5.46. The Bertz CT molecular complexity index is 676. The minimum absolute atomic E-state index is 0.0508. The van der Waals surface area contributed by atoms with Crippen molar-refractivity contribution in [2.45, 2.75) is 12.7 Å². The van der Waals surface area contributed by atoms with Crippen molar-refractivity contribution >= 4 is 28.5 Å². The van der Waals surface area contributed by atoms with E-state index in [0.29, 0.717) is 10.9 Å². The van der Waals surface area contributed by atoms with Crippen molar-refractivity contribution in [3.8, 4) is 0 Å². The van der Waals surface area contributed by atoms with Crippen molar-refractivity contribution in [2.24, 2.45) is 0 Å². The molecule has 0 spiro atoms. The Morgan fingerprint density at radius 3 is 2.55 bits per heavy atom. The molecule has 5 nitrogen and oxygen atoms in total. The lowest BCUT2D eigenvalue weighted by atomic mass is 10.2. The van der Waals surface area contributed by atoms with Crippen LogP contribution in [0.25, 0.3) is 10.9 Å². The smallest absolute Gasteiger partial charge is 0.471 e. The first-order valence-electron chi connectivity index (χ1n) is 5.46. The summed E-state index contributed by atoms with van der Waals surface area (Å²) in [5, 5.41) is 11.1. The van der Waals surface area contributed by atoms with Gasteiger partial charge in [0.1, 0.15) is 6.54 Å². The number of rotatable bonds is 3. The second-order valence-corrected chi connectivity index (χ2v) is 4.06. The molecule has 0 radical (unpaired) electrons. The zero-order chi connectivity index (χ0) is 14.9. The van der Waals surface area contributed by atoms with Gasteiger partial charge >= 0.3 is 18.1 Å². The molecule has 20 heavy (non-hydrogen) atoms. The predicted octanol–water partition coefficient (Wildman–Crippen LogP) is 2.23. The lowest BCUT2D eigenvalue weighted by Crippen LogP contribution is -2.29. The van der Waals surface area contributed by atoms with Gasteiger partial charge in [0.15, 0.2) is 0 Å². The summed E-state index contributed by atoms with van der Waals surface area (Å²) >= 11 is 0. The van der Waals surface area contributed by atoms with Crippen LogP contribution < -0.4 is 5.32 Å². The van der Waals surface area contributed by atoms with Crippen molar-refractivity contribution in [2.75, 3.05) is 5.32 Å². The fourth-order valence-electron chi connectivity index (χ4n) is 1.75. The van der Waals surface area contributed by atoms with Gasteiger partial charge in [-0.25, -0.2) is 0 Å². The van der Waals surface area contributed by atoms with Crippen molar-refractivity contribution < 1.29 is 27.9 Å². The lowest BCUT2D eigenvalue weighted by Gasteiger charge is -2.09. The van der Waals surface area contributed by atoms with Crippen molar-refractivity contribution in [1.29, 1.82) is 0 Å². The predicted molar refractivity (Wildman–Crippen MR) is 64.3 cm³/mol. The average molecular weight is 286 g/mol. The van der Waals surface area contributed by atoms with E-state index >= 15 is 0 Å². The zero-order valence-electron chi connectivity index (χ0n) is 9.94. The SMILES string of the molecule is O=C(O)Cn1ccc2ccc(NC(=O)C(F)(F)F)cc21. The van der Waals surface area contributed by atoms with Gasteiger partial charge in [0, 0.05) is 11.9 Å². The fourth-order valence-corrected chi connectivity index (χ4v) is 1.75. The Hall–Kier alpha value is -2.51. The molecule has 8 heteroatoms. The Balaban J connectivity index is 2.32. The first kappa shape index (κ1) is 13.9. The van der Waals surface area contributed by atoms with E-state index in [-0.39, 0.29) is 12.2 Å². The molecule has 1 heterocycles. The molecule has 0 unspecified atom stereocenters. The number of benzene rings is 1. The molecular formula is C12H9F3N2O3. The number of halogens is 3. The first-order chi connectivity index (χ1) is 9.27. The molecule has 0 bridgehead atoms. The summed E-state index contributed by atoms with van der Waals surface area (Å²) in [7, 11) is 0.